The van der Waals surface area contributed by atoms with Gasteiger partial charge in [-0.25, -0.2) is 9.48 Å². The Hall–Kier alpha value is -4.37. The van der Waals surface area contributed by atoms with Gasteiger partial charge >= 0.3 is 5.97 Å². The van der Waals surface area contributed by atoms with E-state index in [4.69, 9.17) is 4.74 Å². The molecule has 1 aliphatic carbocycles. The van der Waals surface area contributed by atoms with Crippen LogP contribution in [0.5, 0.6) is 5.75 Å². The Bertz CT molecular complexity index is 1580. The van der Waals surface area contributed by atoms with E-state index < -0.39 is 18.5 Å². The first-order valence-electron chi connectivity index (χ1n) is 11.9. The number of hydrogen-bond donors (Lipinski definition) is 3. The minimum atomic E-state index is -1.11. The number of thiophene rings is 1. The number of carboxylic acids is 1. The Kier molecular flexibility index (Phi) is 5.77. The largest absolute Gasteiger partial charge is 0.482 e. The van der Waals surface area contributed by atoms with Crippen LogP contribution in [0.2, 0.25) is 0 Å². The molecule has 37 heavy (non-hydrogen) atoms. The van der Waals surface area contributed by atoms with Gasteiger partial charge in [-0.1, -0.05) is 42.5 Å². The predicted molar refractivity (Wildman–Crippen MR) is 140 cm³/mol. The molecule has 3 N–H and O–H groups in total. The molecule has 0 saturated heterocycles. The number of hydrogen-bond acceptors (Lipinski definition) is 6. The normalized spacial score (nSPS) is 18.6. The maximum atomic E-state index is 13.8. The molecule has 0 saturated carbocycles. The molecule has 0 radical (unpaired) electrons. The lowest BCUT2D eigenvalue weighted by molar-refractivity contribution is -0.139. The summed E-state index contributed by atoms with van der Waals surface area (Å²) in [5.74, 6) is -0.965. The fourth-order valence-corrected chi connectivity index (χ4v) is 6.11. The molecule has 2 aromatic heterocycles. The summed E-state index contributed by atoms with van der Waals surface area (Å²) in [4.78, 5) is 40.0. The number of rotatable bonds is 6. The minimum absolute atomic E-state index is 0.0392. The number of ether oxygens (including phenoxy) is 1. The third-order valence-electron chi connectivity index (χ3n) is 6.83. The predicted octanol–water partition coefficient (Wildman–Crippen LogP) is 4.65. The molecule has 0 bridgehead atoms. The van der Waals surface area contributed by atoms with Crippen LogP contribution in [-0.2, 0) is 9.59 Å². The third kappa shape index (κ3) is 4.07. The van der Waals surface area contributed by atoms with Gasteiger partial charge in [0.2, 0.25) is 0 Å². The van der Waals surface area contributed by atoms with Gasteiger partial charge in [0.25, 0.3) is 5.56 Å². The van der Waals surface area contributed by atoms with Crippen molar-refractivity contribution in [2.45, 2.75) is 24.7 Å². The Morgan fingerprint density at radius 3 is 2.57 bits per heavy atom. The van der Waals surface area contributed by atoms with E-state index in [2.05, 4.69) is 10.4 Å². The average Bonchev–Trinajstić information content (AvgIpc) is 3.56. The molecule has 0 fully saturated rings. The number of anilines is 1. The van der Waals surface area contributed by atoms with E-state index in [0.717, 1.165) is 10.6 Å². The summed E-state index contributed by atoms with van der Waals surface area (Å²) >= 11 is 1.63. The summed E-state index contributed by atoms with van der Waals surface area (Å²) in [6.45, 7) is -0.531. The molecule has 186 valence electrons. The van der Waals surface area contributed by atoms with Gasteiger partial charge in [-0.05, 0) is 36.1 Å². The molecule has 6 rings (SSSR count). The summed E-state index contributed by atoms with van der Waals surface area (Å²) in [5.41, 5.74) is 2.66. The molecule has 0 spiro atoms. The standard InChI is InChI=1S/C28H23N3O5S/c32-20-14-16(22-11-6-12-37-22)13-19-25(20)24(18-9-4-5-10-21(18)36-15-23(33)34)26-27(29-19)30-31(28(26)35)17-7-2-1-3-8-17/h1-12,16,24,29-30H,13-15H2,(H,33,34). The highest BCUT2D eigenvalue weighted by Crippen LogP contribution is 2.48. The summed E-state index contributed by atoms with van der Waals surface area (Å²) in [6.07, 6.45) is 0.955. The summed E-state index contributed by atoms with van der Waals surface area (Å²) in [7, 11) is 0. The first kappa shape index (κ1) is 23.1. The molecule has 8 nitrogen and oxygen atoms in total. The summed E-state index contributed by atoms with van der Waals surface area (Å²) in [6, 6.07) is 20.3. The number of carboxylic acid groups (broad SMARTS) is 1. The van der Waals surface area contributed by atoms with E-state index >= 15 is 0 Å². The number of aromatic amines is 1. The molecule has 3 heterocycles. The van der Waals surface area contributed by atoms with Crippen molar-refractivity contribution < 1.29 is 19.4 Å². The molecule has 1 aliphatic heterocycles. The highest BCUT2D eigenvalue weighted by atomic mass is 32.1. The first-order chi connectivity index (χ1) is 18.0. The van der Waals surface area contributed by atoms with Crippen molar-refractivity contribution in [3.05, 3.63) is 110 Å². The molecular formula is C28H23N3O5S. The van der Waals surface area contributed by atoms with Crippen molar-refractivity contribution in [2.24, 2.45) is 0 Å². The van der Waals surface area contributed by atoms with Crippen molar-refractivity contribution in [3.63, 3.8) is 0 Å². The minimum Gasteiger partial charge on any atom is -0.482 e. The van der Waals surface area contributed by atoms with Crippen LogP contribution >= 0.6 is 11.3 Å². The maximum absolute atomic E-state index is 13.8. The second kappa shape index (κ2) is 9.25. The number of para-hydroxylation sites is 2. The number of aromatic nitrogens is 2. The van der Waals surface area contributed by atoms with E-state index in [1.165, 1.54) is 4.68 Å². The van der Waals surface area contributed by atoms with Gasteiger partial charge < -0.3 is 15.2 Å². The quantitative estimate of drug-likeness (QED) is 0.346. The van der Waals surface area contributed by atoms with Crippen LogP contribution in [0.4, 0.5) is 5.82 Å². The fraction of sp³-hybridized carbons (Fsp3) is 0.179. The fourth-order valence-electron chi connectivity index (χ4n) is 5.28. The zero-order chi connectivity index (χ0) is 25.5. The van der Waals surface area contributed by atoms with E-state index in [1.807, 2.05) is 47.8 Å². The number of fused-ring (bicyclic) bond motifs is 1. The average molecular weight is 514 g/mol. The van der Waals surface area contributed by atoms with E-state index in [1.54, 1.807) is 35.6 Å². The molecule has 2 aliphatic rings. The Morgan fingerprint density at radius 2 is 1.81 bits per heavy atom. The zero-order valence-corrected chi connectivity index (χ0v) is 20.5. The molecular weight excluding hydrogens is 490 g/mol. The number of nitrogens with zero attached hydrogens (tertiary/aromatic N) is 1. The molecule has 4 aromatic rings. The van der Waals surface area contributed by atoms with Crippen LogP contribution in [0.1, 0.15) is 40.7 Å². The van der Waals surface area contributed by atoms with Gasteiger partial charge in [0.15, 0.2) is 12.4 Å². The van der Waals surface area contributed by atoms with E-state index in [9.17, 15) is 19.5 Å². The summed E-state index contributed by atoms with van der Waals surface area (Å²) in [5, 5.41) is 17.8. The van der Waals surface area contributed by atoms with Gasteiger partial charge in [-0.3, -0.25) is 14.7 Å². The van der Waals surface area contributed by atoms with Crippen LogP contribution in [0.25, 0.3) is 5.69 Å². The lowest BCUT2D eigenvalue weighted by Gasteiger charge is -2.34. The van der Waals surface area contributed by atoms with Crippen LogP contribution < -0.4 is 15.6 Å². The van der Waals surface area contributed by atoms with Crippen molar-refractivity contribution in [1.29, 1.82) is 0 Å². The number of allylic oxidation sites excluding steroid dienone is 2. The number of aliphatic carboxylic acids is 1. The van der Waals surface area contributed by atoms with Crippen molar-refractivity contribution in [1.82, 2.24) is 9.78 Å². The Balaban J connectivity index is 1.53. The van der Waals surface area contributed by atoms with Crippen molar-refractivity contribution in [2.75, 3.05) is 11.9 Å². The first-order valence-corrected chi connectivity index (χ1v) is 12.8. The van der Waals surface area contributed by atoms with E-state index in [-0.39, 0.29) is 17.3 Å². The maximum Gasteiger partial charge on any atom is 0.341 e. The van der Waals surface area contributed by atoms with Crippen molar-refractivity contribution >= 4 is 28.9 Å². The molecule has 2 atom stereocenters. The molecule has 2 aromatic carbocycles. The highest BCUT2D eigenvalue weighted by Gasteiger charge is 2.42. The number of nitrogens with one attached hydrogen (secondary N) is 2. The SMILES string of the molecule is O=C(O)COc1ccccc1C1C2=C(CC(c3cccs3)CC2=O)Nc2[nH]n(-c3ccccc3)c(=O)c21. The van der Waals surface area contributed by atoms with Crippen LogP contribution in [0, 0.1) is 0 Å². The number of H-pyrrole nitrogens is 1. The summed E-state index contributed by atoms with van der Waals surface area (Å²) < 4.78 is 7.09. The number of Topliss-reactive ketones (excluding diaryl/α,β-unsaturated/α-hetero) is 1. The van der Waals surface area contributed by atoms with Gasteiger partial charge in [-0.15, -0.1) is 11.3 Å². The monoisotopic (exact) mass is 513 g/mol. The van der Waals surface area contributed by atoms with Gasteiger partial charge in [-0.2, -0.15) is 0 Å². The second-order valence-corrected chi connectivity index (χ2v) is 10.1. The van der Waals surface area contributed by atoms with E-state index in [0.29, 0.717) is 46.8 Å². The Labute approximate surface area is 215 Å². The second-order valence-electron chi connectivity index (χ2n) is 9.09. The van der Waals surface area contributed by atoms with Crippen LogP contribution in [-0.4, -0.2) is 33.2 Å². The lowest BCUT2D eigenvalue weighted by Crippen LogP contribution is -2.32. The van der Waals surface area contributed by atoms with Crippen LogP contribution in [0.15, 0.2) is 88.2 Å². The highest BCUT2D eigenvalue weighted by molar-refractivity contribution is 7.10. The molecule has 0 amide bonds. The van der Waals surface area contributed by atoms with Gasteiger partial charge in [0, 0.05) is 34.0 Å². The smallest absolute Gasteiger partial charge is 0.341 e. The number of carbonyl (C=O) groups is 2. The third-order valence-corrected chi connectivity index (χ3v) is 7.86. The van der Waals surface area contributed by atoms with Crippen molar-refractivity contribution in [3.8, 4) is 11.4 Å². The number of benzene rings is 2. The van der Waals surface area contributed by atoms with Crippen LogP contribution in [0.3, 0.4) is 0 Å². The number of ketones is 1. The Morgan fingerprint density at radius 1 is 1.03 bits per heavy atom. The number of carbonyl (C=O) groups excluding carboxylic acids is 1. The lowest BCUT2D eigenvalue weighted by atomic mass is 9.73. The zero-order valence-electron chi connectivity index (χ0n) is 19.6. The molecule has 2 unspecified atom stereocenters. The topological polar surface area (TPSA) is 113 Å². The molecule has 9 heteroatoms. The van der Waals surface area contributed by atoms with Gasteiger partial charge in [0.1, 0.15) is 11.6 Å². The van der Waals surface area contributed by atoms with Gasteiger partial charge in [0.05, 0.1) is 17.2 Å².